The molecule has 0 aliphatic rings. The molecule has 5 heteroatoms. The number of nitrogens with one attached hydrogen (secondary N) is 1. The van der Waals surface area contributed by atoms with Crippen LogP contribution in [0.25, 0.3) is 0 Å². The molecule has 0 fully saturated rings. The summed E-state index contributed by atoms with van der Waals surface area (Å²) in [4.78, 5) is 27.6. The zero-order valence-corrected chi connectivity index (χ0v) is 19.5. The van der Waals surface area contributed by atoms with Crippen LogP contribution in [0.15, 0.2) is 48.5 Å². The molecule has 2 aromatic rings. The molecule has 31 heavy (non-hydrogen) atoms. The zero-order chi connectivity index (χ0) is 22.8. The average molecular weight is 425 g/mol. The average Bonchev–Trinajstić information content (AvgIpc) is 2.81. The van der Waals surface area contributed by atoms with Crippen molar-refractivity contribution in [1.82, 2.24) is 10.2 Å². The third-order valence-corrected chi connectivity index (χ3v) is 5.74. The number of nitrogens with zero attached hydrogens (tertiary/aromatic N) is 1. The molecule has 5 nitrogen and oxygen atoms in total. The molecule has 0 bridgehead atoms. The first-order valence-corrected chi connectivity index (χ1v) is 11.2. The summed E-state index contributed by atoms with van der Waals surface area (Å²) in [5.41, 5.74) is 3.38. The number of ether oxygens (including phenoxy) is 1. The van der Waals surface area contributed by atoms with Gasteiger partial charge in [-0.1, -0.05) is 50.2 Å². The van der Waals surface area contributed by atoms with Gasteiger partial charge >= 0.3 is 0 Å². The molecule has 0 radical (unpaired) electrons. The van der Waals surface area contributed by atoms with Crippen LogP contribution >= 0.6 is 0 Å². The lowest BCUT2D eigenvalue weighted by molar-refractivity contribution is -0.140. The van der Waals surface area contributed by atoms with E-state index in [1.165, 1.54) is 5.56 Å². The van der Waals surface area contributed by atoms with E-state index in [2.05, 4.69) is 36.5 Å². The van der Waals surface area contributed by atoms with Crippen molar-refractivity contribution in [2.45, 2.75) is 72.0 Å². The Morgan fingerprint density at radius 3 is 2.06 bits per heavy atom. The molecular weight excluding hydrogens is 388 g/mol. The Morgan fingerprint density at radius 1 is 0.935 bits per heavy atom. The standard InChI is InChI=1S/C26H36N2O3/c1-6-19(3)27-26(30)20(4)28(18-23-12-15-24(31-5)16-13-23)25(29)17-14-22-10-8-21(7-2)9-11-22/h8-13,15-16,19-20H,6-7,14,17-18H2,1-5H3,(H,27,30)/t19-,20+/m0/s1. The van der Waals surface area contributed by atoms with Crippen LogP contribution in [0.4, 0.5) is 0 Å². The third kappa shape index (κ3) is 7.42. The number of aryl methyl sites for hydroxylation is 2. The number of methoxy groups -OCH3 is 1. The van der Waals surface area contributed by atoms with E-state index in [1.807, 2.05) is 38.1 Å². The fraction of sp³-hybridized carbons (Fsp3) is 0.462. The Hall–Kier alpha value is -2.82. The van der Waals surface area contributed by atoms with Crippen molar-refractivity contribution in [1.29, 1.82) is 0 Å². The number of carbonyl (C=O) groups is 2. The van der Waals surface area contributed by atoms with E-state index in [9.17, 15) is 9.59 Å². The maximum atomic E-state index is 13.2. The quantitative estimate of drug-likeness (QED) is 0.577. The van der Waals surface area contributed by atoms with Crippen molar-refractivity contribution in [2.75, 3.05) is 7.11 Å². The molecule has 0 saturated heterocycles. The smallest absolute Gasteiger partial charge is 0.242 e. The van der Waals surface area contributed by atoms with Crippen molar-refractivity contribution in [2.24, 2.45) is 0 Å². The van der Waals surface area contributed by atoms with Gasteiger partial charge in [0, 0.05) is 19.0 Å². The summed E-state index contributed by atoms with van der Waals surface area (Å²) in [7, 11) is 1.62. The van der Waals surface area contributed by atoms with Crippen LogP contribution in [0, 0.1) is 0 Å². The van der Waals surface area contributed by atoms with Crippen LogP contribution in [0.5, 0.6) is 5.75 Å². The first kappa shape index (κ1) is 24.4. The van der Waals surface area contributed by atoms with E-state index in [1.54, 1.807) is 18.9 Å². The van der Waals surface area contributed by atoms with Crippen LogP contribution < -0.4 is 10.1 Å². The normalized spacial score (nSPS) is 12.7. The van der Waals surface area contributed by atoms with Gasteiger partial charge < -0.3 is 15.0 Å². The van der Waals surface area contributed by atoms with E-state index in [-0.39, 0.29) is 17.9 Å². The Bertz CT molecular complexity index is 831. The molecule has 2 rings (SSSR count). The van der Waals surface area contributed by atoms with Crippen LogP contribution in [0.3, 0.4) is 0 Å². The maximum Gasteiger partial charge on any atom is 0.242 e. The maximum absolute atomic E-state index is 13.2. The molecule has 0 saturated carbocycles. The highest BCUT2D eigenvalue weighted by atomic mass is 16.5. The fourth-order valence-corrected chi connectivity index (χ4v) is 3.31. The lowest BCUT2D eigenvalue weighted by atomic mass is 10.0. The van der Waals surface area contributed by atoms with E-state index >= 15 is 0 Å². The second-order valence-corrected chi connectivity index (χ2v) is 8.03. The zero-order valence-electron chi connectivity index (χ0n) is 19.5. The van der Waals surface area contributed by atoms with Gasteiger partial charge in [0.2, 0.25) is 11.8 Å². The Kier molecular flexibility index (Phi) is 9.57. The minimum atomic E-state index is -0.550. The molecule has 2 aromatic carbocycles. The van der Waals surface area contributed by atoms with E-state index in [0.717, 1.165) is 29.7 Å². The van der Waals surface area contributed by atoms with Gasteiger partial charge in [-0.3, -0.25) is 9.59 Å². The molecule has 0 unspecified atom stereocenters. The monoisotopic (exact) mass is 424 g/mol. The number of hydrogen-bond donors (Lipinski definition) is 1. The molecule has 0 aliphatic heterocycles. The Labute approximate surface area is 186 Å². The van der Waals surface area contributed by atoms with Crippen LogP contribution in [-0.2, 0) is 29.0 Å². The number of carbonyl (C=O) groups excluding carboxylic acids is 2. The fourth-order valence-electron chi connectivity index (χ4n) is 3.31. The summed E-state index contributed by atoms with van der Waals surface area (Å²) >= 11 is 0. The summed E-state index contributed by atoms with van der Waals surface area (Å²) in [5, 5.41) is 3.00. The molecule has 0 aliphatic carbocycles. The van der Waals surface area contributed by atoms with Crippen LogP contribution in [-0.4, -0.2) is 35.9 Å². The highest BCUT2D eigenvalue weighted by Gasteiger charge is 2.26. The van der Waals surface area contributed by atoms with Crippen LogP contribution in [0.2, 0.25) is 0 Å². The molecular formula is C26H36N2O3. The second-order valence-electron chi connectivity index (χ2n) is 8.03. The summed E-state index contributed by atoms with van der Waals surface area (Å²) in [5.74, 6) is 0.616. The minimum Gasteiger partial charge on any atom is -0.497 e. The van der Waals surface area contributed by atoms with Crippen molar-refractivity contribution >= 4 is 11.8 Å². The number of benzene rings is 2. The molecule has 2 atom stereocenters. The van der Waals surface area contributed by atoms with Gasteiger partial charge in [0.25, 0.3) is 0 Å². The van der Waals surface area contributed by atoms with Gasteiger partial charge in [0.15, 0.2) is 0 Å². The summed E-state index contributed by atoms with van der Waals surface area (Å²) in [6, 6.07) is 15.5. The van der Waals surface area contributed by atoms with Gasteiger partial charge in [0.05, 0.1) is 7.11 Å². The van der Waals surface area contributed by atoms with Crippen molar-refractivity contribution in [3.8, 4) is 5.75 Å². The predicted octanol–water partition coefficient (Wildman–Crippen LogP) is 4.52. The lowest BCUT2D eigenvalue weighted by Crippen LogP contribution is -2.49. The minimum absolute atomic E-state index is 0.0258. The Balaban J connectivity index is 2.13. The second kappa shape index (κ2) is 12.1. The summed E-state index contributed by atoms with van der Waals surface area (Å²) in [6.07, 6.45) is 2.86. The van der Waals surface area contributed by atoms with Crippen molar-refractivity contribution < 1.29 is 14.3 Å². The van der Waals surface area contributed by atoms with Gasteiger partial charge in [-0.25, -0.2) is 0 Å². The molecule has 1 N–H and O–H groups in total. The number of amides is 2. The number of hydrogen-bond acceptors (Lipinski definition) is 3. The highest BCUT2D eigenvalue weighted by Crippen LogP contribution is 2.17. The molecule has 0 spiro atoms. The largest absolute Gasteiger partial charge is 0.497 e. The van der Waals surface area contributed by atoms with Crippen molar-refractivity contribution in [3.05, 3.63) is 65.2 Å². The van der Waals surface area contributed by atoms with Gasteiger partial charge in [-0.05, 0) is 61.9 Å². The van der Waals surface area contributed by atoms with E-state index < -0.39 is 6.04 Å². The molecule has 2 amide bonds. The van der Waals surface area contributed by atoms with Gasteiger partial charge in [-0.2, -0.15) is 0 Å². The summed E-state index contributed by atoms with van der Waals surface area (Å²) < 4.78 is 5.22. The molecule has 168 valence electrons. The molecule has 0 heterocycles. The highest BCUT2D eigenvalue weighted by molar-refractivity contribution is 5.87. The molecule has 0 aromatic heterocycles. The van der Waals surface area contributed by atoms with Gasteiger partial charge in [0.1, 0.15) is 11.8 Å². The van der Waals surface area contributed by atoms with E-state index in [4.69, 9.17) is 4.74 Å². The SMILES string of the molecule is CCc1ccc(CCC(=O)N(Cc2ccc(OC)cc2)[C@H](C)C(=O)N[C@@H](C)CC)cc1. The first-order valence-electron chi connectivity index (χ1n) is 11.2. The number of rotatable bonds is 11. The van der Waals surface area contributed by atoms with Gasteiger partial charge in [-0.15, -0.1) is 0 Å². The first-order chi connectivity index (χ1) is 14.9. The lowest BCUT2D eigenvalue weighted by Gasteiger charge is -2.30. The third-order valence-electron chi connectivity index (χ3n) is 5.74. The van der Waals surface area contributed by atoms with Crippen LogP contribution in [0.1, 0.15) is 57.2 Å². The predicted molar refractivity (Wildman–Crippen MR) is 125 cm³/mol. The van der Waals surface area contributed by atoms with Crippen molar-refractivity contribution in [3.63, 3.8) is 0 Å². The Morgan fingerprint density at radius 2 is 1.52 bits per heavy atom. The topological polar surface area (TPSA) is 58.6 Å². The summed E-state index contributed by atoms with van der Waals surface area (Å²) in [6.45, 7) is 8.31. The van der Waals surface area contributed by atoms with E-state index in [0.29, 0.717) is 19.4 Å².